The summed E-state index contributed by atoms with van der Waals surface area (Å²) in [6.45, 7) is 3.35. The highest BCUT2D eigenvalue weighted by molar-refractivity contribution is 5.84. The molecule has 17 heavy (non-hydrogen) atoms. The van der Waals surface area contributed by atoms with E-state index in [1.54, 1.807) is 12.1 Å². The average Bonchev–Trinajstić information content (AvgIpc) is 2.28. The molecule has 2 aromatic rings. The predicted octanol–water partition coefficient (Wildman–Crippen LogP) is 1.96. The van der Waals surface area contributed by atoms with Crippen LogP contribution in [0.25, 0.3) is 10.9 Å². The minimum atomic E-state index is -1.01. The summed E-state index contributed by atoms with van der Waals surface area (Å²) in [7, 11) is 0. The Bertz CT molecular complexity index is 643. The second kappa shape index (κ2) is 4.05. The molecule has 0 fully saturated rings. The molecule has 0 aliphatic rings. The second-order valence-corrected chi connectivity index (χ2v) is 4.07. The number of aryl methyl sites for hydroxylation is 1. The lowest BCUT2D eigenvalue weighted by Gasteiger charge is -2.15. The number of aliphatic carboxylic acids is 1. The highest BCUT2D eigenvalue weighted by Crippen LogP contribution is 2.18. The van der Waals surface area contributed by atoms with Gasteiger partial charge in [-0.2, -0.15) is 0 Å². The molecule has 0 aliphatic carbocycles. The lowest BCUT2D eigenvalue weighted by atomic mass is 10.1. The summed E-state index contributed by atoms with van der Waals surface area (Å²) in [4.78, 5) is 22.9. The first-order valence-corrected chi connectivity index (χ1v) is 5.36. The quantitative estimate of drug-likeness (QED) is 0.859. The van der Waals surface area contributed by atoms with Crippen LogP contribution in [-0.2, 0) is 4.79 Å². The summed E-state index contributed by atoms with van der Waals surface area (Å²) in [5.41, 5.74) is 1.24. The van der Waals surface area contributed by atoms with Crippen molar-refractivity contribution < 1.29 is 9.90 Å². The van der Waals surface area contributed by atoms with Crippen molar-refractivity contribution in [1.82, 2.24) is 4.57 Å². The van der Waals surface area contributed by atoms with Crippen molar-refractivity contribution in [3.63, 3.8) is 0 Å². The predicted molar refractivity (Wildman–Crippen MR) is 65.3 cm³/mol. The van der Waals surface area contributed by atoms with E-state index in [9.17, 15) is 9.59 Å². The molecule has 0 amide bonds. The molecule has 4 heteroatoms. The zero-order valence-corrected chi connectivity index (χ0v) is 9.68. The van der Waals surface area contributed by atoms with E-state index in [2.05, 4.69) is 0 Å². The van der Waals surface area contributed by atoms with E-state index in [0.29, 0.717) is 5.52 Å². The van der Waals surface area contributed by atoms with Gasteiger partial charge in [-0.05, 0) is 25.5 Å². The molecule has 1 atom stereocenters. The number of carboxylic acid groups (broad SMARTS) is 1. The van der Waals surface area contributed by atoms with Gasteiger partial charge >= 0.3 is 5.97 Å². The van der Waals surface area contributed by atoms with E-state index in [1.807, 2.05) is 19.1 Å². The van der Waals surface area contributed by atoms with E-state index in [4.69, 9.17) is 5.11 Å². The fourth-order valence-electron chi connectivity index (χ4n) is 1.98. The Hall–Kier alpha value is -2.10. The van der Waals surface area contributed by atoms with E-state index < -0.39 is 12.0 Å². The molecule has 0 bridgehead atoms. The normalized spacial score (nSPS) is 12.6. The molecule has 1 aromatic carbocycles. The second-order valence-electron chi connectivity index (χ2n) is 4.07. The van der Waals surface area contributed by atoms with E-state index in [1.165, 1.54) is 17.6 Å². The highest BCUT2D eigenvalue weighted by Gasteiger charge is 2.17. The third-order valence-corrected chi connectivity index (χ3v) is 2.91. The number of carboxylic acids is 1. The van der Waals surface area contributed by atoms with Crippen molar-refractivity contribution >= 4 is 16.9 Å². The van der Waals surface area contributed by atoms with Crippen LogP contribution >= 0.6 is 0 Å². The number of carbonyl (C=O) groups is 1. The van der Waals surface area contributed by atoms with Crippen LogP contribution in [0.4, 0.5) is 0 Å². The lowest BCUT2D eigenvalue weighted by Crippen LogP contribution is -2.28. The van der Waals surface area contributed by atoms with E-state index >= 15 is 0 Å². The van der Waals surface area contributed by atoms with Gasteiger partial charge in [-0.15, -0.1) is 0 Å². The maximum Gasteiger partial charge on any atom is 0.326 e. The topological polar surface area (TPSA) is 59.3 Å². The molecule has 1 aromatic heterocycles. The van der Waals surface area contributed by atoms with Gasteiger partial charge in [0.15, 0.2) is 0 Å². The van der Waals surface area contributed by atoms with Crippen molar-refractivity contribution in [2.45, 2.75) is 19.9 Å². The Morgan fingerprint density at radius 1 is 1.35 bits per heavy atom. The van der Waals surface area contributed by atoms with Gasteiger partial charge in [-0.25, -0.2) is 4.79 Å². The number of fused-ring (bicyclic) bond motifs is 1. The third kappa shape index (κ3) is 1.82. The summed E-state index contributed by atoms with van der Waals surface area (Å²) < 4.78 is 1.31. The Morgan fingerprint density at radius 3 is 2.65 bits per heavy atom. The van der Waals surface area contributed by atoms with Gasteiger partial charge in [-0.1, -0.05) is 18.2 Å². The minimum absolute atomic E-state index is 0.281. The van der Waals surface area contributed by atoms with E-state index in [-0.39, 0.29) is 5.56 Å². The molecule has 4 nitrogen and oxygen atoms in total. The monoisotopic (exact) mass is 231 g/mol. The molecule has 1 N–H and O–H groups in total. The molecule has 0 aliphatic heterocycles. The van der Waals surface area contributed by atoms with Crippen LogP contribution in [0.1, 0.15) is 18.5 Å². The molecule has 0 unspecified atom stereocenters. The van der Waals surface area contributed by atoms with Crippen LogP contribution in [-0.4, -0.2) is 15.6 Å². The molecule has 0 radical (unpaired) electrons. The molecule has 0 saturated carbocycles. The number of hydrogen-bond donors (Lipinski definition) is 1. The molecule has 0 saturated heterocycles. The van der Waals surface area contributed by atoms with Gasteiger partial charge in [0.05, 0.1) is 5.52 Å². The molecular formula is C13H13NO3. The summed E-state index contributed by atoms with van der Waals surface area (Å²) in [6, 6.07) is 7.93. The van der Waals surface area contributed by atoms with Crippen LogP contribution < -0.4 is 5.56 Å². The summed E-state index contributed by atoms with van der Waals surface area (Å²) in [5.74, 6) is -1.01. The Morgan fingerprint density at radius 2 is 2.00 bits per heavy atom. The van der Waals surface area contributed by atoms with Gasteiger partial charge in [0.25, 0.3) is 5.56 Å². The van der Waals surface area contributed by atoms with Crippen molar-refractivity contribution in [2.24, 2.45) is 0 Å². The van der Waals surface area contributed by atoms with Gasteiger partial charge < -0.3 is 5.11 Å². The lowest BCUT2D eigenvalue weighted by molar-refractivity contribution is -0.140. The van der Waals surface area contributed by atoms with Gasteiger partial charge in [-0.3, -0.25) is 9.36 Å². The van der Waals surface area contributed by atoms with Crippen molar-refractivity contribution in [3.05, 3.63) is 46.2 Å². The maximum absolute atomic E-state index is 11.9. The number of rotatable bonds is 2. The molecular weight excluding hydrogens is 218 g/mol. The van der Waals surface area contributed by atoms with Crippen LogP contribution in [0, 0.1) is 6.92 Å². The first-order chi connectivity index (χ1) is 8.02. The van der Waals surface area contributed by atoms with Crippen LogP contribution in [0.3, 0.4) is 0 Å². The SMILES string of the molecule is Cc1cc(=O)n([C@@H](C)C(=O)O)c2ccccc12. The molecule has 2 rings (SSSR count). The van der Waals surface area contributed by atoms with Gasteiger partial charge in [0, 0.05) is 11.5 Å². The Balaban J connectivity index is 2.87. The molecule has 88 valence electrons. The standard InChI is InChI=1S/C13H13NO3/c1-8-7-12(15)14(9(2)13(16)17)11-6-4-3-5-10(8)11/h3-7,9H,1-2H3,(H,16,17)/t9-/m0/s1. The number of hydrogen-bond acceptors (Lipinski definition) is 2. The first-order valence-electron chi connectivity index (χ1n) is 5.36. The number of benzene rings is 1. The fraction of sp³-hybridized carbons (Fsp3) is 0.231. The minimum Gasteiger partial charge on any atom is -0.480 e. The van der Waals surface area contributed by atoms with Crippen LogP contribution in [0.15, 0.2) is 35.1 Å². The average molecular weight is 231 g/mol. The van der Waals surface area contributed by atoms with Crippen LogP contribution in [0.2, 0.25) is 0 Å². The summed E-state index contributed by atoms with van der Waals surface area (Å²) >= 11 is 0. The van der Waals surface area contributed by atoms with Gasteiger partial charge in [0.1, 0.15) is 6.04 Å². The Kier molecular flexibility index (Phi) is 2.71. The van der Waals surface area contributed by atoms with Crippen LogP contribution in [0.5, 0.6) is 0 Å². The third-order valence-electron chi connectivity index (χ3n) is 2.91. The number of para-hydroxylation sites is 1. The smallest absolute Gasteiger partial charge is 0.326 e. The van der Waals surface area contributed by atoms with Crippen molar-refractivity contribution in [2.75, 3.05) is 0 Å². The Labute approximate surface area is 98.1 Å². The highest BCUT2D eigenvalue weighted by atomic mass is 16.4. The van der Waals surface area contributed by atoms with Crippen molar-refractivity contribution in [1.29, 1.82) is 0 Å². The summed E-state index contributed by atoms with van der Waals surface area (Å²) in [5, 5.41) is 9.93. The molecule has 0 spiro atoms. The number of pyridine rings is 1. The number of nitrogens with zero attached hydrogens (tertiary/aromatic N) is 1. The first kappa shape index (κ1) is 11.4. The zero-order chi connectivity index (χ0) is 12.6. The zero-order valence-electron chi connectivity index (χ0n) is 9.68. The van der Waals surface area contributed by atoms with E-state index in [0.717, 1.165) is 10.9 Å². The fourth-order valence-corrected chi connectivity index (χ4v) is 1.98. The maximum atomic E-state index is 11.9. The molecule has 1 heterocycles. The van der Waals surface area contributed by atoms with Gasteiger partial charge in [0.2, 0.25) is 0 Å². The largest absolute Gasteiger partial charge is 0.480 e. The van der Waals surface area contributed by atoms with Crippen molar-refractivity contribution in [3.8, 4) is 0 Å². The summed E-state index contributed by atoms with van der Waals surface area (Å²) in [6.07, 6.45) is 0. The number of aromatic nitrogens is 1.